The molecule has 0 unspecified atom stereocenters. The van der Waals surface area contributed by atoms with Crippen molar-refractivity contribution in [1.29, 1.82) is 0 Å². The molecule has 0 amide bonds. The third-order valence-corrected chi connectivity index (χ3v) is 3.08. The van der Waals surface area contributed by atoms with E-state index in [-0.39, 0.29) is 0 Å². The number of hydrogen-bond donors (Lipinski definition) is 1. The molecule has 1 aliphatic heterocycles. The second kappa shape index (κ2) is 7.34. The van der Waals surface area contributed by atoms with E-state index in [1.807, 2.05) is 12.1 Å². The molecule has 1 aromatic heterocycles. The van der Waals surface area contributed by atoms with Crippen LogP contribution in [0.15, 0.2) is 24.5 Å². The lowest BCUT2D eigenvalue weighted by Gasteiger charge is -2.29. The monoisotopic (exact) mass is 250 g/mol. The summed E-state index contributed by atoms with van der Waals surface area (Å²) in [5.74, 6) is 1.36. The molecule has 1 aliphatic rings. The molecule has 4 nitrogen and oxygen atoms in total. The largest absolute Gasteiger partial charge is 0.492 e. The molecule has 2 heterocycles. The Morgan fingerprint density at radius 2 is 2.39 bits per heavy atom. The molecule has 0 aromatic carbocycles. The van der Waals surface area contributed by atoms with Crippen LogP contribution in [0.25, 0.3) is 0 Å². The maximum absolute atomic E-state index is 5.78. The molecule has 2 rings (SSSR count). The van der Waals surface area contributed by atoms with Gasteiger partial charge in [0, 0.05) is 31.8 Å². The Kier molecular flexibility index (Phi) is 5.42. The van der Waals surface area contributed by atoms with Gasteiger partial charge in [0.15, 0.2) is 0 Å². The average molecular weight is 250 g/mol. The van der Waals surface area contributed by atoms with Crippen LogP contribution in [0.5, 0.6) is 5.75 Å². The van der Waals surface area contributed by atoms with Gasteiger partial charge in [0.2, 0.25) is 0 Å². The van der Waals surface area contributed by atoms with E-state index in [0.29, 0.717) is 12.0 Å². The van der Waals surface area contributed by atoms with E-state index in [4.69, 9.17) is 9.47 Å². The topological polar surface area (TPSA) is 43.4 Å². The highest BCUT2D eigenvalue weighted by Crippen LogP contribution is 2.16. The van der Waals surface area contributed by atoms with Crippen molar-refractivity contribution in [3.05, 3.63) is 24.5 Å². The number of hydrogen-bond acceptors (Lipinski definition) is 4. The van der Waals surface area contributed by atoms with E-state index in [1.165, 1.54) is 0 Å². The first-order valence-electron chi connectivity index (χ1n) is 6.73. The van der Waals surface area contributed by atoms with Crippen molar-refractivity contribution < 1.29 is 9.47 Å². The lowest BCUT2D eigenvalue weighted by molar-refractivity contribution is 0.0154. The smallest absolute Gasteiger partial charge is 0.137 e. The molecule has 1 aromatic rings. The first-order chi connectivity index (χ1) is 8.88. The molecule has 0 bridgehead atoms. The lowest BCUT2D eigenvalue weighted by atomic mass is 9.98. The van der Waals surface area contributed by atoms with E-state index >= 15 is 0 Å². The summed E-state index contributed by atoms with van der Waals surface area (Å²) >= 11 is 0. The van der Waals surface area contributed by atoms with E-state index in [9.17, 15) is 0 Å². The van der Waals surface area contributed by atoms with Gasteiger partial charge in [-0.3, -0.25) is 4.98 Å². The van der Waals surface area contributed by atoms with Crippen molar-refractivity contribution in [2.24, 2.45) is 5.92 Å². The van der Waals surface area contributed by atoms with E-state index in [2.05, 4.69) is 17.2 Å². The van der Waals surface area contributed by atoms with Gasteiger partial charge in [0.25, 0.3) is 0 Å². The third kappa shape index (κ3) is 4.27. The Morgan fingerprint density at radius 1 is 1.44 bits per heavy atom. The maximum Gasteiger partial charge on any atom is 0.137 e. The summed E-state index contributed by atoms with van der Waals surface area (Å²) in [5, 5.41) is 3.41. The van der Waals surface area contributed by atoms with Crippen LogP contribution in [-0.2, 0) is 4.74 Å². The molecule has 1 N–H and O–H groups in total. The van der Waals surface area contributed by atoms with Crippen LogP contribution in [0.2, 0.25) is 0 Å². The summed E-state index contributed by atoms with van der Waals surface area (Å²) in [6, 6.07) is 3.83. The highest BCUT2D eigenvalue weighted by atomic mass is 16.5. The van der Waals surface area contributed by atoms with Crippen molar-refractivity contribution in [2.75, 3.05) is 26.3 Å². The zero-order valence-corrected chi connectivity index (χ0v) is 11.0. The fraction of sp³-hybridized carbons (Fsp3) is 0.643. The number of nitrogens with one attached hydrogen (secondary N) is 1. The lowest BCUT2D eigenvalue weighted by Crippen LogP contribution is -2.42. The van der Waals surface area contributed by atoms with Gasteiger partial charge in [-0.05, 0) is 25.0 Å². The first kappa shape index (κ1) is 13.3. The fourth-order valence-electron chi connectivity index (χ4n) is 2.17. The number of rotatable bonds is 6. The Balaban J connectivity index is 1.72. The van der Waals surface area contributed by atoms with Crippen molar-refractivity contribution in [2.45, 2.75) is 25.9 Å². The summed E-state index contributed by atoms with van der Waals surface area (Å²) in [7, 11) is 0. The highest BCUT2D eigenvalue weighted by molar-refractivity contribution is 5.15. The SMILES string of the molecule is CCCO[C@@H]1CNC[C@H](COc2cccnc2)C1. The van der Waals surface area contributed by atoms with Gasteiger partial charge in [0.1, 0.15) is 5.75 Å². The van der Waals surface area contributed by atoms with E-state index in [0.717, 1.165) is 44.9 Å². The number of pyridine rings is 1. The molecule has 0 saturated carbocycles. The minimum absolute atomic E-state index is 0.334. The predicted molar refractivity (Wildman–Crippen MR) is 70.7 cm³/mol. The maximum atomic E-state index is 5.78. The summed E-state index contributed by atoms with van der Waals surface area (Å²) in [4.78, 5) is 4.04. The Morgan fingerprint density at radius 3 is 3.17 bits per heavy atom. The summed E-state index contributed by atoms with van der Waals surface area (Å²) in [6.07, 6.45) is 5.99. The van der Waals surface area contributed by atoms with Crippen LogP contribution in [0.4, 0.5) is 0 Å². The predicted octanol–water partition coefficient (Wildman–Crippen LogP) is 1.87. The fourth-order valence-corrected chi connectivity index (χ4v) is 2.17. The molecular weight excluding hydrogens is 228 g/mol. The number of aromatic nitrogens is 1. The van der Waals surface area contributed by atoms with Gasteiger partial charge < -0.3 is 14.8 Å². The van der Waals surface area contributed by atoms with Crippen LogP contribution in [0.3, 0.4) is 0 Å². The van der Waals surface area contributed by atoms with Gasteiger partial charge in [0.05, 0.1) is 18.9 Å². The van der Waals surface area contributed by atoms with Gasteiger partial charge in [-0.15, -0.1) is 0 Å². The van der Waals surface area contributed by atoms with Crippen molar-refractivity contribution in [3.63, 3.8) is 0 Å². The zero-order valence-electron chi connectivity index (χ0n) is 11.0. The van der Waals surface area contributed by atoms with Crippen LogP contribution in [0.1, 0.15) is 19.8 Å². The standard InChI is InChI=1S/C14H22N2O2/c1-2-6-17-14-7-12(8-16-10-14)11-18-13-4-3-5-15-9-13/h3-5,9,12,14,16H,2,6-8,10-11H2,1H3/t12-,14+/m1/s1. The summed E-state index contributed by atoms with van der Waals surface area (Å²) in [6.45, 7) is 5.68. The van der Waals surface area contributed by atoms with Gasteiger partial charge >= 0.3 is 0 Å². The molecule has 2 atom stereocenters. The molecule has 100 valence electrons. The molecule has 1 saturated heterocycles. The number of ether oxygens (including phenoxy) is 2. The van der Waals surface area contributed by atoms with Crippen molar-refractivity contribution in [3.8, 4) is 5.75 Å². The molecule has 18 heavy (non-hydrogen) atoms. The Hall–Kier alpha value is -1.13. The Labute approximate surface area is 109 Å². The van der Waals surface area contributed by atoms with Crippen LogP contribution in [0, 0.1) is 5.92 Å². The second-order valence-electron chi connectivity index (χ2n) is 4.75. The normalized spacial score (nSPS) is 23.8. The quantitative estimate of drug-likeness (QED) is 0.837. The first-order valence-corrected chi connectivity index (χ1v) is 6.73. The molecule has 4 heteroatoms. The van der Waals surface area contributed by atoms with Crippen molar-refractivity contribution in [1.82, 2.24) is 10.3 Å². The van der Waals surface area contributed by atoms with Crippen LogP contribution >= 0.6 is 0 Å². The van der Waals surface area contributed by atoms with Crippen molar-refractivity contribution >= 4 is 0 Å². The third-order valence-electron chi connectivity index (χ3n) is 3.08. The van der Waals surface area contributed by atoms with Gasteiger partial charge in [-0.1, -0.05) is 6.92 Å². The van der Waals surface area contributed by atoms with Crippen LogP contribution in [-0.4, -0.2) is 37.4 Å². The average Bonchev–Trinajstić information content (AvgIpc) is 2.44. The summed E-state index contributed by atoms with van der Waals surface area (Å²) in [5.41, 5.74) is 0. The number of piperidine rings is 1. The van der Waals surface area contributed by atoms with Gasteiger partial charge in [-0.2, -0.15) is 0 Å². The second-order valence-corrected chi connectivity index (χ2v) is 4.75. The zero-order chi connectivity index (χ0) is 12.6. The molecule has 1 fully saturated rings. The molecule has 0 aliphatic carbocycles. The van der Waals surface area contributed by atoms with Crippen LogP contribution < -0.4 is 10.1 Å². The minimum atomic E-state index is 0.334. The highest BCUT2D eigenvalue weighted by Gasteiger charge is 2.22. The molecule has 0 spiro atoms. The van der Waals surface area contributed by atoms with Gasteiger partial charge in [-0.25, -0.2) is 0 Å². The summed E-state index contributed by atoms with van der Waals surface area (Å²) < 4.78 is 11.5. The minimum Gasteiger partial charge on any atom is -0.492 e. The van der Waals surface area contributed by atoms with E-state index < -0.39 is 0 Å². The molecular formula is C14H22N2O2. The molecule has 0 radical (unpaired) electrons. The number of nitrogens with zero attached hydrogens (tertiary/aromatic N) is 1. The van der Waals surface area contributed by atoms with E-state index in [1.54, 1.807) is 12.4 Å². The Bertz CT molecular complexity index is 332.